The zero-order chi connectivity index (χ0) is 18.0. The maximum atomic E-state index is 11.5. The molecular formula is C18H37IN4O2S. The Morgan fingerprint density at radius 3 is 2.46 bits per heavy atom. The fourth-order valence-corrected chi connectivity index (χ4v) is 4.97. The van der Waals surface area contributed by atoms with Crippen molar-refractivity contribution in [2.24, 2.45) is 10.9 Å². The van der Waals surface area contributed by atoms with Gasteiger partial charge in [-0.3, -0.25) is 9.89 Å². The Kier molecular flexibility index (Phi) is 12.1. The van der Waals surface area contributed by atoms with Crippen molar-refractivity contribution in [1.82, 2.24) is 15.5 Å². The van der Waals surface area contributed by atoms with E-state index in [0.29, 0.717) is 24.6 Å². The fourth-order valence-electron chi connectivity index (χ4n) is 3.69. The fraction of sp³-hybridized carbons (Fsp3) is 0.944. The molecule has 0 aromatic carbocycles. The minimum Gasteiger partial charge on any atom is -0.357 e. The van der Waals surface area contributed by atoms with Gasteiger partial charge in [-0.15, -0.1) is 24.0 Å². The van der Waals surface area contributed by atoms with Gasteiger partial charge >= 0.3 is 0 Å². The summed E-state index contributed by atoms with van der Waals surface area (Å²) in [5, 5.41) is 6.67. The number of aliphatic imine (C=N–C) groups is 1. The lowest BCUT2D eigenvalue weighted by Gasteiger charge is -2.26. The lowest BCUT2D eigenvalue weighted by molar-refractivity contribution is 0.299. The molecule has 0 radical (unpaired) electrons. The summed E-state index contributed by atoms with van der Waals surface area (Å²) in [6.07, 6.45) is 9.55. The van der Waals surface area contributed by atoms with Crippen LogP contribution in [0.3, 0.4) is 0 Å². The Balaban J connectivity index is 0.00000338. The first kappa shape index (κ1) is 23.9. The standard InChI is InChI=1S/C18H36N4O2S.HI/c1-2-19-18(20-10-6-9-17-7-4-3-5-8-17)21-11-12-22-13-15-25(23,24)16-14-22;/h17H,2-16H2,1H3,(H2,19,20,21);1H. The summed E-state index contributed by atoms with van der Waals surface area (Å²) in [4.78, 5) is 6.89. The van der Waals surface area contributed by atoms with Crippen LogP contribution in [0, 0.1) is 5.92 Å². The van der Waals surface area contributed by atoms with E-state index in [0.717, 1.165) is 38.1 Å². The molecule has 1 aliphatic heterocycles. The molecule has 0 bridgehead atoms. The molecule has 0 atom stereocenters. The third-order valence-corrected chi connectivity index (χ3v) is 6.88. The number of guanidine groups is 1. The second-order valence-corrected chi connectivity index (χ2v) is 9.63. The number of nitrogens with zero attached hydrogens (tertiary/aromatic N) is 2. The molecule has 2 rings (SSSR count). The highest BCUT2D eigenvalue weighted by atomic mass is 127. The average molecular weight is 500 g/mol. The maximum Gasteiger partial charge on any atom is 0.191 e. The van der Waals surface area contributed by atoms with Gasteiger partial charge in [0.2, 0.25) is 0 Å². The van der Waals surface area contributed by atoms with Crippen LogP contribution in [0.4, 0.5) is 0 Å². The van der Waals surface area contributed by atoms with E-state index >= 15 is 0 Å². The molecule has 154 valence electrons. The van der Waals surface area contributed by atoms with E-state index in [9.17, 15) is 8.42 Å². The summed E-state index contributed by atoms with van der Waals surface area (Å²) in [5.74, 6) is 2.40. The third-order valence-electron chi connectivity index (χ3n) is 5.27. The van der Waals surface area contributed by atoms with Crippen LogP contribution < -0.4 is 10.6 Å². The normalized spacial score (nSPS) is 21.8. The summed E-state index contributed by atoms with van der Waals surface area (Å²) >= 11 is 0. The SMILES string of the molecule is CCNC(=NCCCC1CCCCC1)NCCN1CCS(=O)(=O)CC1.I. The summed E-state index contributed by atoms with van der Waals surface area (Å²) in [7, 11) is -2.79. The van der Waals surface area contributed by atoms with Gasteiger partial charge in [0.1, 0.15) is 0 Å². The summed E-state index contributed by atoms with van der Waals surface area (Å²) < 4.78 is 22.9. The molecule has 0 spiro atoms. The van der Waals surface area contributed by atoms with Crippen molar-refractivity contribution in [3.63, 3.8) is 0 Å². The highest BCUT2D eigenvalue weighted by Gasteiger charge is 2.20. The molecule has 1 aliphatic carbocycles. The van der Waals surface area contributed by atoms with Gasteiger partial charge in [-0.2, -0.15) is 0 Å². The van der Waals surface area contributed by atoms with Crippen LogP contribution in [0.1, 0.15) is 51.9 Å². The quantitative estimate of drug-likeness (QED) is 0.232. The van der Waals surface area contributed by atoms with Gasteiger partial charge in [-0.05, 0) is 25.7 Å². The van der Waals surface area contributed by atoms with Crippen LogP contribution in [0.25, 0.3) is 0 Å². The molecule has 1 heterocycles. The maximum absolute atomic E-state index is 11.5. The molecule has 6 nitrogen and oxygen atoms in total. The zero-order valence-corrected chi connectivity index (χ0v) is 19.4. The molecular weight excluding hydrogens is 463 g/mol. The number of rotatable bonds is 8. The van der Waals surface area contributed by atoms with Crippen molar-refractivity contribution in [2.45, 2.75) is 51.9 Å². The highest BCUT2D eigenvalue weighted by molar-refractivity contribution is 14.0. The van der Waals surface area contributed by atoms with Crippen LogP contribution in [0.2, 0.25) is 0 Å². The van der Waals surface area contributed by atoms with Gasteiger partial charge in [-0.1, -0.05) is 32.1 Å². The van der Waals surface area contributed by atoms with E-state index < -0.39 is 9.84 Å². The first-order valence-corrected chi connectivity index (χ1v) is 11.9. The van der Waals surface area contributed by atoms with Crippen molar-refractivity contribution in [2.75, 3.05) is 50.8 Å². The number of nitrogens with one attached hydrogen (secondary N) is 2. The number of halogens is 1. The predicted molar refractivity (Wildman–Crippen MR) is 120 cm³/mol. The van der Waals surface area contributed by atoms with E-state index in [1.54, 1.807) is 0 Å². The Morgan fingerprint density at radius 1 is 1.12 bits per heavy atom. The largest absolute Gasteiger partial charge is 0.357 e. The van der Waals surface area contributed by atoms with E-state index in [-0.39, 0.29) is 24.0 Å². The minimum atomic E-state index is -2.79. The van der Waals surface area contributed by atoms with Crippen LogP contribution in [0.5, 0.6) is 0 Å². The van der Waals surface area contributed by atoms with Gasteiger partial charge in [-0.25, -0.2) is 8.42 Å². The molecule has 0 amide bonds. The van der Waals surface area contributed by atoms with E-state index in [4.69, 9.17) is 0 Å². The first-order valence-electron chi connectivity index (χ1n) is 10.0. The lowest BCUT2D eigenvalue weighted by atomic mass is 9.86. The van der Waals surface area contributed by atoms with E-state index in [1.807, 2.05) is 0 Å². The van der Waals surface area contributed by atoms with Crippen LogP contribution in [0.15, 0.2) is 4.99 Å². The molecule has 0 unspecified atom stereocenters. The van der Waals surface area contributed by atoms with E-state index in [1.165, 1.54) is 44.9 Å². The van der Waals surface area contributed by atoms with Crippen molar-refractivity contribution in [3.8, 4) is 0 Å². The molecule has 2 fully saturated rings. The summed E-state index contributed by atoms with van der Waals surface area (Å²) in [6, 6.07) is 0. The van der Waals surface area contributed by atoms with Crippen molar-refractivity contribution in [1.29, 1.82) is 0 Å². The molecule has 8 heteroatoms. The first-order chi connectivity index (χ1) is 12.1. The monoisotopic (exact) mass is 500 g/mol. The Hall–Kier alpha value is -0.0900. The van der Waals surface area contributed by atoms with Crippen molar-refractivity contribution < 1.29 is 8.42 Å². The number of hydrogen-bond acceptors (Lipinski definition) is 4. The Morgan fingerprint density at radius 2 is 1.81 bits per heavy atom. The Bertz CT molecular complexity index is 493. The lowest BCUT2D eigenvalue weighted by Crippen LogP contribution is -2.46. The summed E-state index contributed by atoms with van der Waals surface area (Å²) in [5.41, 5.74) is 0. The topological polar surface area (TPSA) is 73.8 Å². The van der Waals surface area contributed by atoms with Gasteiger partial charge in [0.15, 0.2) is 15.8 Å². The molecule has 0 aromatic rings. The van der Waals surface area contributed by atoms with Crippen molar-refractivity contribution in [3.05, 3.63) is 0 Å². The average Bonchev–Trinajstić information content (AvgIpc) is 2.61. The predicted octanol–water partition coefficient (Wildman–Crippen LogP) is 2.25. The zero-order valence-electron chi connectivity index (χ0n) is 16.2. The molecule has 2 N–H and O–H groups in total. The third kappa shape index (κ3) is 9.73. The van der Waals surface area contributed by atoms with Crippen LogP contribution in [-0.2, 0) is 9.84 Å². The second-order valence-electron chi connectivity index (χ2n) is 7.33. The highest BCUT2D eigenvalue weighted by Crippen LogP contribution is 2.27. The van der Waals surface area contributed by atoms with E-state index in [2.05, 4.69) is 27.4 Å². The van der Waals surface area contributed by atoms with Gasteiger partial charge < -0.3 is 10.6 Å². The smallest absolute Gasteiger partial charge is 0.191 e. The minimum absolute atomic E-state index is 0. The van der Waals surface area contributed by atoms with Crippen LogP contribution in [-0.4, -0.2) is 70.1 Å². The van der Waals surface area contributed by atoms with Gasteiger partial charge in [0.25, 0.3) is 0 Å². The van der Waals surface area contributed by atoms with Crippen molar-refractivity contribution >= 4 is 39.8 Å². The molecule has 2 aliphatic rings. The van der Waals surface area contributed by atoms with Gasteiger partial charge in [0, 0.05) is 39.3 Å². The number of hydrogen-bond donors (Lipinski definition) is 2. The molecule has 26 heavy (non-hydrogen) atoms. The Labute approximate surface area is 176 Å². The molecule has 0 aromatic heterocycles. The number of sulfone groups is 1. The van der Waals surface area contributed by atoms with Crippen LogP contribution >= 0.6 is 24.0 Å². The molecule has 1 saturated heterocycles. The second kappa shape index (κ2) is 13.1. The summed E-state index contributed by atoms with van der Waals surface area (Å²) in [6.45, 7) is 6.79. The van der Waals surface area contributed by atoms with Gasteiger partial charge in [0.05, 0.1) is 11.5 Å². The molecule has 1 saturated carbocycles.